The molecule has 1 amide bonds. The van der Waals surface area contributed by atoms with Crippen molar-refractivity contribution in [2.45, 2.75) is 44.9 Å². The molecule has 2 bridgehead atoms. The Labute approximate surface area is 182 Å². The molecule has 6 nitrogen and oxygen atoms in total. The van der Waals surface area contributed by atoms with Crippen molar-refractivity contribution >= 4 is 61.3 Å². The molecule has 1 aromatic heterocycles. The number of amides is 1. The minimum Gasteiger partial charge on any atom is -0.444 e. The summed E-state index contributed by atoms with van der Waals surface area (Å²) in [7, 11) is 0. The standard InChI is InChI=1S/C18H18BrF2IN4O2/c1-18(2,3)28-17(27)26-7-8-4-9(26)6-25(8)15-10-5-11(22)12(19)13(20)14(10)23-16(21)24-15/h5,8-9H,4,6-7H2,1-3H3/t8-,9-/m0/s1. The van der Waals surface area contributed by atoms with Crippen molar-refractivity contribution in [2.75, 3.05) is 18.0 Å². The Hall–Kier alpha value is -1.30. The van der Waals surface area contributed by atoms with E-state index < -0.39 is 17.5 Å². The van der Waals surface area contributed by atoms with Gasteiger partial charge >= 0.3 is 12.2 Å². The summed E-state index contributed by atoms with van der Waals surface area (Å²) >= 11 is 5.19. The fourth-order valence-corrected chi connectivity index (χ4v) is 4.67. The van der Waals surface area contributed by atoms with E-state index in [-0.39, 0.29) is 28.2 Å². The summed E-state index contributed by atoms with van der Waals surface area (Å²) in [4.78, 5) is 23.7. The highest BCUT2D eigenvalue weighted by Crippen LogP contribution is 2.39. The molecular weight excluding hydrogens is 549 g/mol. The van der Waals surface area contributed by atoms with Crippen LogP contribution in [0.2, 0.25) is 0 Å². The number of aromatic nitrogens is 2. The second kappa shape index (κ2) is 6.89. The van der Waals surface area contributed by atoms with Crippen LogP contribution in [0.3, 0.4) is 0 Å². The van der Waals surface area contributed by atoms with Gasteiger partial charge in [-0.2, -0.15) is 14.4 Å². The number of benzene rings is 1. The van der Waals surface area contributed by atoms with Crippen LogP contribution in [0.5, 0.6) is 0 Å². The van der Waals surface area contributed by atoms with Crippen molar-refractivity contribution in [3.63, 3.8) is 0 Å². The van der Waals surface area contributed by atoms with Gasteiger partial charge in [-0.3, -0.25) is 0 Å². The highest BCUT2D eigenvalue weighted by atomic mass is 127. The third-order valence-electron chi connectivity index (χ3n) is 4.92. The normalized spacial score (nSPS) is 21.7. The van der Waals surface area contributed by atoms with Crippen LogP contribution < -0.4 is 4.90 Å². The predicted octanol–water partition coefficient (Wildman–Crippen LogP) is 4.47. The van der Waals surface area contributed by atoms with Gasteiger partial charge in [0.05, 0.1) is 16.6 Å². The van der Waals surface area contributed by atoms with Crippen LogP contribution >= 0.6 is 38.5 Å². The van der Waals surface area contributed by atoms with Crippen LogP contribution in [0, 0.1) is 15.5 Å². The van der Waals surface area contributed by atoms with E-state index in [1.807, 2.05) is 48.3 Å². The van der Waals surface area contributed by atoms with Gasteiger partial charge in [0.1, 0.15) is 16.9 Å². The highest BCUT2D eigenvalue weighted by molar-refractivity contribution is 14.1. The van der Waals surface area contributed by atoms with Crippen LogP contribution in [-0.2, 0) is 4.74 Å². The van der Waals surface area contributed by atoms with Crippen molar-refractivity contribution in [3.05, 3.63) is 26.0 Å². The lowest BCUT2D eigenvalue weighted by Gasteiger charge is -2.36. The summed E-state index contributed by atoms with van der Waals surface area (Å²) in [6.45, 7) is 6.44. The molecule has 150 valence electrons. The zero-order valence-corrected chi connectivity index (χ0v) is 19.2. The summed E-state index contributed by atoms with van der Waals surface area (Å²) in [5.74, 6) is -0.243. The lowest BCUT2D eigenvalue weighted by Crippen LogP contribution is -2.50. The molecule has 10 heteroatoms. The van der Waals surface area contributed by atoms with E-state index in [2.05, 4.69) is 25.9 Å². The van der Waals surface area contributed by atoms with Gasteiger partial charge in [-0.15, -0.1) is 0 Å². The Kier molecular flexibility index (Phi) is 4.92. The molecule has 0 spiro atoms. The van der Waals surface area contributed by atoms with Gasteiger partial charge in [-0.1, -0.05) is 0 Å². The summed E-state index contributed by atoms with van der Waals surface area (Å²) < 4.78 is 35.1. The Bertz CT molecular complexity index is 984. The van der Waals surface area contributed by atoms with E-state index in [4.69, 9.17) is 4.74 Å². The topological polar surface area (TPSA) is 58.6 Å². The molecule has 2 fully saturated rings. The van der Waals surface area contributed by atoms with Crippen molar-refractivity contribution in [1.82, 2.24) is 14.9 Å². The zero-order chi connectivity index (χ0) is 20.4. The summed E-state index contributed by atoms with van der Waals surface area (Å²) in [5, 5.41) is 0.461. The first-order valence-corrected chi connectivity index (χ1v) is 10.7. The lowest BCUT2D eigenvalue weighted by atomic mass is 10.2. The van der Waals surface area contributed by atoms with E-state index in [1.165, 1.54) is 0 Å². The fraction of sp³-hybridized carbons (Fsp3) is 0.500. The number of piperazine rings is 1. The van der Waals surface area contributed by atoms with Gasteiger partial charge in [0, 0.05) is 22.0 Å². The van der Waals surface area contributed by atoms with Crippen LogP contribution in [0.1, 0.15) is 27.2 Å². The van der Waals surface area contributed by atoms with Gasteiger partial charge in [-0.05, 0) is 71.8 Å². The number of anilines is 1. The van der Waals surface area contributed by atoms with Crippen LogP contribution in [-0.4, -0.2) is 51.7 Å². The van der Waals surface area contributed by atoms with Crippen LogP contribution in [0.4, 0.5) is 19.4 Å². The minimum absolute atomic E-state index is 0.0283. The number of carbonyl (C=O) groups is 1. The second-order valence-electron chi connectivity index (χ2n) is 8.03. The first kappa shape index (κ1) is 20.0. The molecule has 3 heterocycles. The summed E-state index contributed by atoms with van der Waals surface area (Å²) in [6, 6.07) is 1.67. The van der Waals surface area contributed by atoms with Crippen molar-refractivity contribution in [3.8, 4) is 0 Å². The minimum atomic E-state index is -0.971. The molecule has 2 aliphatic heterocycles. The maximum atomic E-state index is 14.6. The van der Waals surface area contributed by atoms with E-state index in [0.29, 0.717) is 27.9 Å². The number of nitrogens with zero attached hydrogens (tertiary/aromatic N) is 4. The average molecular weight is 567 g/mol. The third kappa shape index (κ3) is 3.42. The SMILES string of the molecule is CC(C)(C)OC(=O)N1C[C@@H]2C[C@H]1CN2c1nc(F)nc2c(F)c(Br)c(I)cc12. The summed E-state index contributed by atoms with van der Waals surface area (Å²) in [6.07, 6.45) is -0.577. The molecule has 4 rings (SSSR count). The van der Waals surface area contributed by atoms with Gasteiger partial charge in [0.15, 0.2) is 5.82 Å². The number of rotatable bonds is 1. The number of carbonyl (C=O) groups excluding carboxylic acids is 1. The lowest BCUT2D eigenvalue weighted by molar-refractivity contribution is 0.0214. The molecular formula is C18H18BrF2IN4O2. The Morgan fingerprint density at radius 2 is 2.00 bits per heavy atom. The number of ether oxygens (including phenoxy) is 1. The van der Waals surface area contributed by atoms with E-state index in [1.54, 1.807) is 11.0 Å². The van der Waals surface area contributed by atoms with Crippen LogP contribution in [0.25, 0.3) is 10.9 Å². The van der Waals surface area contributed by atoms with E-state index in [0.717, 1.165) is 6.42 Å². The molecule has 0 radical (unpaired) electrons. The zero-order valence-electron chi connectivity index (χ0n) is 15.5. The third-order valence-corrected chi connectivity index (χ3v) is 7.29. The van der Waals surface area contributed by atoms with Gasteiger partial charge in [0.2, 0.25) is 0 Å². The molecule has 0 unspecified atom stereocenters. The first-order valence-electron chi connectivity index (χ1n) is 8.82. The van der Waals surface area contributed by atoms with Gasteiger partial charge < -0.3 is 14.5 Å². The molecule has 0 saturated carbocycles. The van der Waals surface area contributed by atoms with Crippen molar-refractivity contribution in [2.24, 2.45) is 0 Å². The van der Waals surface area contributed by atoms with Crippen molar-refractivity contribution < 1.29 is 18.3 Å². The molecule has 1 aromatic carbocycles. The Morgan fingerprint density at radius 1 is 1.29 bits per heavy atom. The Morgan fingerprint density at radius 3 is 2.61 bits per heavy atom. The number of hydrogen-bond donors (Lipinski definition) is 0. The van der Waals surface area contributed by atoms with Gasteiger partial charge in [-0.25, -0.2) is 9.18 Å². The molecule has 0 N–H and O–H groups in total. The predicted molar refractivity (Wildman–Crippen MR) is 112 cm³/mol. The summed E-state index contributed by atoms with van der Waals surface area (Å²) in [5.41, 5.74) is -0.617. The smallest absolute Gasteiger partial charge is 0.410 e. The maximum absolute atomic E-state index is 14.6. The molecule has 2 saturated heterocycles. The van der Waals surface area contributed by atoms with Gasteiger partial charge in [0.25, 0.3) is 0 Å². The van der Waals surface area contributed by atoms with Crippen LogP contribution in [0.15, 0.2) is 10.5 Å². The highest BCUT2D eigenvalue weighted by Gasteiger charge is 2.47. The monoisotopic (exact) mass is 566 g/mol. The molecule has 2 aliphatic rings. The molecule has 0 aliphatic carbocycles. The second-order valence-corrected chi connectivity index (χ2v) is 9.98. The molecule has 28 heavy (non-hydrogen) atoms. The number of fused-ring (bicyclic) bond motifs is 3. The largest absolute Gasteiger partial charge is 0.444 e. The Balaban J connectivity index is 1.66. The molecule has 2 aromatic rings. The maximum Gasteiger partial charge on any atom is 0.410 e. The quantitative estimate of drug-likeness (QED) is 0.289. The van der Waals surface area contributed by atoms with Crippen molar-refractivity contribution in [1.29, 1.82) is 0 Å². The van der Waals surface area contributed by atoms with E-state index in [9.17, 15) is 13.6 Å². The van der Waals surface area contributed by atoms with E-state index >= 15 is 0 Å². The fourth-order valence-electron chi connectivity index (χ4n) is 3.82. The molecule has 2 atom stereocenters. The first-order chi connectivity index (χ1) is 13.0. The number of halogens is 4. The average Bonchev–Trinajstić information content (AvgIpc) is 3.19. The number of hydrogen-bond acceptors (Lipinski definition) is 5. The number of likely N-dealkylation sites (tertiary alicyclic amines) is 1.